The van der Waals surface area contributed by atoms with Crippen molar-refractivity contribution in [2.75, 3.05) is 39.4 Å². The second kappa shape index (κ2) is 11.9. The number of aromatic amines is 1. The van der Waals surface area contributed by atoms with Gasteiger partial charge in [0.05, 0.1) is 24.5 Å². The van der Waals surface area contributed by atoms with Gasteiger partial charge in [0.2, 0.25) is 5.78 Å². The molecule has 39 heavy (non-hydrogen) atoms. The van der Waals surface area contributed by atoms with E-state index in [-0.39, 0.29) is 17.4 Å². The van der Waals surface area contributed by atoms with E-state index in [2.05, 4.69) is 20.6 Å². The van der Waals surface area contributed by atoms with E-state index < -0.39 is 0 Å². The topological polar surface area (TPSA) is 154 Å². The van der Waals surface area contributed by atoms with E-state index in [1.54, 1.807) is 11.1 Å². The lowest BCUT2D eigenvalue weighted by molar-refractivity contribution is 0.0303. The van der Waals surface area contributed by atoms with E-state index >= 15 is 0 Å². The molecule has 3 heterocycles. The summed E-state index contributed by atoms with van der Waals surface area (Å²) in [7, 11) is 0. The van der Waals surface area contributed by atoms with Crippen molar-refractivity contribution in [2.45, 2.75) is 13.0 Å². The van der Waals surface area contributed by atoms with Crippen molar-refractivity contribution in [3.05, 3.63) is 82.4 Å². The summed E-state index contributed by atoms with van der Waals surface area (Å²) in [6, 6.07) is 15.3. The van der Waals surface area contributed by atoms with Crippen molar-refractivity contribution >= 4 is 17.6 Å². The smallest absolute Gasteiger partial charge is 0.282 e. The van der Waals surface area contributed by atoms with Crippen LogP contribution in [0.4, 0.5) is 0 Å². The Morgan fingerprint density at radius 3 is 2.46 bits per heavy atom. The Balaban J connectivity index is 1.26. The Morgan fingerprint density at radius 1 is 1.03 bits per heavy atom. The zero-order valence-corrected chi connectivity index (χ0v) is 21.6. The molecule has 0 aliphatic carbocycles. The van der Waals surface area contributed by atoms with Crippen LogP contribution in [0.3, 0.4) is 0 Å². The third kappa shape index (κ3) is 6.33. The Morgan fingerprint density at radius 2 is 1.74 bits per heavy atom. The number of amides is 1. The molecule has 0 unspecified atom stereocenters. The van der Waals surface area contributed by atoms with Crippen LogP contribution in [0.15, 0.2) is 65.7 Å². The number of hydrogen-bond acceptors (Lipinski definition) is 6. The number of ether oxygens (including phenoxy) is 1. The number of H-pyrrole nitrogens is 1. The number of imidazole rings is 1. The second-order valence-corrected chi connectivity index (χ2v) is 9.41. The lowest BCUT2D eigenvalue weighted by Gasteiger charge is -2.26. The summed E-state index contributed by atoms with van der Waals surface area (Å²) >= 11 is 0. The molecular formula is C28H32N8O3. The average Bonchev–Trinajstić information content (AvgIpc) is 3.37. The van der Waals surface area contributed by atoms with Gasteiger partial charge in [-0.2, -0.15) is 4.98 Å². The van der Waals surface area contributed by atoms with Gasteiger partial charge in [0.15, 0.2) is 5.96 Å². The zero-order valence-electron chi connectivity index (χ0n) is 21.6. The molecule has 1 amide bonds. The van der Waals surface area contributed by atoms with Crippen LogP contribution >= 0.6 is 0 Å². The van der Waals surface area contributed by atoms with Gasteiger partial charge in [-0.15, -0.1) is 0 Å². The van der Waals surface area contributed by atoms with Crippen LogP contribution in [0.5, 0.6) is 0 Å². The molecule has 11 heteroatoms. The van der Waals surface area contributed by atoms with Crippen LogP contribution in [0.2, 0.25) is 0 Å². The summed E-state index contributed by atoms with van der Waals surface area (Å²) in [6.45, 7) is 4.49. The van der Waals surface area contributed by atoms with Crippen molar-refractivity contribution in [2.24, 2.45) is 5.73 Å². The first-order chi connectivity index (χ1) is 19.0. The Bertz CT molecular complexity index is 1500. The van der Waals surface area contributed by atoms with Crippen molar-refractivity contribution in [3.8, 4) is 22.4 Å². The van der Waals surface area contributed by atoms with Crippen molar-refractivity contribution in [1.82, 2.24) is 29.9 Å². The fourth-order valence-electron chi connectivity index (χ4n) is 4.51. The Hall–Kier alpha value is -4.48. The summed E-state index contributed by atoms with van der Waals surface area (Å²) in [5.41, 5.74) is 9.70. The van der Waals surface area contributed by atoms with Crippen molar-refractivity contribution in [3.63, 3.8) is 0 Å². The van der Waals surface area contributed by atoms with Crippen LogP contribution < -0.4 is 21.9 Å². The number of aromatic nitrogens is 3. The number of nitrogens with two attached hydrogens (primary N) is 1. The summed E-state index contributed by atoms with van der Waals surface area (Å²) < 4.78 is 7.14. The number of benzene rings is 2. The van der Waals surface area contributed by atoms with Gasteiger partial charge >= 0.3 is 0 Å². The van der Waals surface area contributed by atoms with Gasteiger partial charge in [0, 0.05) is 44.1 Å². The summed E-state index contributed by atoms with van der Waals surface area (Å²) in [6.07, 6.45) is 4.54. The molecule has 1 aliphatic heterocycles. The molecule has 2 aromatic carbocycles. The predicted octanol–water partition coefficient (Wildman–Crippen LogP) is 1.79. The number of guanidine groups is 1. The van der Waals surface area contributed by atoms with E-state index in [9.17, 15) is 9.59 Å². The third-order valence-electron chi connectivity index (χ3n) is 6.65. The highest BCUT2D eigenvalue weighted by Gasteiger charge is 2.18. The predicted molar refractivity (Wildman–Crippen MR) is 150 cm³/mol. The maximum Gasteiger partial charge on any atom is 0.282 e. The minimum absolute atomic E-state index is 0.00180. The van der Waals surface area contributed by atoms with Crippen LogP contribution in [0, 0.1) is 5.41 Å². The highest BCUT2D eigenvalue weighted by Crippen LogP contribution is 2.22. The Kier molecular flexibility index (Phi) is 7.99. The largest absolute Gasteiger partial charge is 0.378 e. The fourth-order valence-corrected chi connectivity index (χ4v) is 4.51. The molecule has 1 saturated heterocycles. The maximum atomic E-state index is 12.8. The van der Waals surface area contributed by atoms with Crippen molar-refractivity contribution < 1.29 is 9.53 Å². The maximum absolute atomic E-state index is 12.8. The van der Waals surface area contributed by atoms with E-state index in [4.69, 9.17) is 15.9 Å². The number of carbonyl (C=O) groups excluding carboxylic acids is 1. The van der Waals surface area contributed by atoms with Gasteiger partial charge in [-0.3, -0.25) is 19.4 Å². The number of carbonyl (C=O) groups is 1. The molecule has 4 aromatic rings. The summed E-state index contributed by atoms with van der Waals surface area (Å²) in [4.78, 5) is 34.8. The minimum Gasteiger partial charge on any atom is -0.378 e. The first-order valence-corrected chi connectivity index (χ1v) is 13.0. The molecule has 11 nitrogen and oxygen atoms in total. The zero-order chi connectivity index (χ0) is 27.2. The van der Waals surface area contributed by atoms with Gasteiger partial charge in [0.1, 0.15) is 0 Å². The molecule has 0 atom stereocenters. The summed E-state index contributed by atoms with van der Waals surface area (Å²) in [5.74, 6) is 0.436. The molecule has 5 rings (SSSR count). The van der Waals surface area contributed by atoms with Gasteiger partial charge < -0.3 is 31.0 Å². The summed E-state index contributed by atoms with van der Waals surface area (Å²) in [5, 5.41) is 13.3. The molecular weight excluding hydrogens is 496 g/mol. The van der Waals surface area contributed by atoms with Gasteiger partial charge in [-0.05, 0) is 41.8 Å². The standard InChI is InChI=1S/C28H32N8O3/c29-27(30)32-11-1-10-31-16-19-2-4-20(5-3-19)23-17-36-18-24(33-28(36)34-25(23)37)21-6-8-22(9-7-21)26(38)35-12-14-39-15-13-35/h2-9,17-18,31H,1,10-16H2,(H4,29,30,32)(H,33,34,37). The molecule has 0 saturated carbocycles. The number of hydrogen-bond donors (Lipinski definition) is 5. The first kappa shape index (κ1) is 26.1. The third-order valence-corrected chi connectivity index (χ3v) is 6.65. The van der Waals surface area contributed by atoms with Crippen LogP contribution in [-0.2, 0) is 11.3 Å². The average molecular weight is 529 g/mol. The molecule has 0 spiro atoms. The fraction of sp³-hybridized carbons (Fsp3) is 0.286. The van der Waals surface area contributed by atoms with E-state index in [0.29, 0.717) is 56.3 Å². The van der Waals surface area contributed by atoms with Crippen LogP contribution in [0.25, 0.3) is 28.2 Å². The second-order valence-electron chi connectivity index (χ2n) is 9.41. The highest BCUT2D eigenvalue weighted by atomic mass is 16.5. The van der Waals surface area contributed by atoms with Crippen molar-refractivity contribution in [1.29, 1.82) is 5.41 Å². The van der Waals surface area contributed by atoms with Gasteiger partial charge in [0.25, 0.3) is 11.5 Å². The molecule has 0 bridgehead atoms. The lowest BCUT2D eigenvalue weighted by Crippen LogP contribution is -2.40. The van der Waals surface area contributed by atoms with Gasteiger partial charge in [-0.1, -0.05) is 36.4 Å². The SMILES string of the molecule is N=C(N)NCCCNCc1ccc(-c2cn3cc(-c4ccc(C(=O)N5CCOCC5)cc4)[nH]c3nc2=O)cc1. The van der Waals surface area contributed by atoms with Crippen LogP contribution in [0.1, 0.15) is 22.3 Å². The minimum atomic E-state index is -0.307. The number of morpholine rings is 1. The molecule has 2 aromatic heterocycles. The van der Waals surface area contributed by atoms with E-state index in [0.717, 1.165) is 35.3 Å². The lowest BCUT2D eigenvalue weighted by atomic mass is 10.1. The van der Waals surface area contributed by atoms with E-state index in [1.165, 1.54) is 0 Å². The van der Waals surface area contributed by atoms with E-state index in [1.807, 2.05) is 59.1 Å². The quantitative estimate of drug-likeness (QED) is 0.126. The first-order valence-electron chi connectivity index (χ1n) is 13.0. The normalized spacial score (nSPS) is 13.5. The number of nitrogens with one attached hydrogen (secondary N) is 4. The molecule has 0 radical (unpaired) electrons. The highest BCUT2D eigenvalue weighted by molar-refractivity contribution is 5.94. The number of nitrogens with zero attached hydrogens (tertiary/aromatic N) is 3. The molecule has 202 valence electrons. The molecule has 1 fully saturated rings. The van der Waals surface area contributed by atoms with Gasteiger partial charge in [-0.25, -0.2) is 0 Å². The number of fused-ring (bicyclic) bond motifs is 1. The van der Waals surface area contributed by atoms with Crippen LogP contribution in [-0.4, -0.2) is 70.5 Å². The number of rotatable bonds is 9. The molecule has 1 aliphatic rings. The molecule has 6 N–H and O–H groups in total. The Labute approximate surface area is 225 Å². The monoisotopic (exact) mass is 528 g/mol.